The Kier molecular flexibility index (Phi) is 10.9. The minimum Gasteiger partial charge on any atom is -0.507 e. The second-order valence-corrected chi connectivity index (χ2v) is 13.5. The number of rotatable bonds is 14. The minimum absolute atomic E-state index is 0.00242. The van der Waals surface area contributed by atoms with Gasteiger partial charge in [0.2, 0.25) is 5.43 Å². The molecule has 234 valence electrons. The van der Waals surface area contributed by atoms with Crippen molar-refractivity contribution < 1.29 is 19.4 Å². The molecule has 0 fully saturated rings. The first-order valence-corrected chi connectivity index (χ1v) is 17.5. The number of halogens is 1. The van der Waals surface area contributed by atoms with Crippen LogP contribution in [0.5, 0.6) is 5.75 Å². The van der Waals surface area contributed by atoms with E-state index in [9.17, 15) is 19.8 Å². The van der Waals surface area contributed by atoms with Gasteiger partial charge < -0.3 is 24.8 Å². The zero-order valence-electron chi connectivity index (χ0n) is 25.1. The third kappa shape index (κ3) is 7.21. The molecule has 0 atom stereocenters. The maximum Gasteiger partial charge on any atom is 0.336 e. The molecule has 3 aromatic carbocycles. The Balaban J connectivity index is 1.62. The SMILES string of the molecule is CCSCCN(CCSCC)c1ccccc1NCc1c(O)ccc2c(-c3ccccc3C(=O)O)c3cc(Cl)c(=O)cc-3oc12. The summed E-state index contributed by atoms with van der Waals surface area (Å²) in [6.07, 6.45) is 0. The molecule has 1 aliphatic carbocycles. The lowest BCUT2D eigenvalue weighted by molar-refractivity contribution is 0.0697. The van der Waals surface area contributed by atoms with Crippen LogP contribution in [-0.2, 0) is 6.54 Å². The first kappa shape index (κ1) is 32.6. The van der Waals surface area contributed by atoms with Crippen LogP contribution in [0.1, 0.15) is 29.8 Å². The summed E-state index contributed by atoms with van der Waals surface area (Å²) in [6, 6.07) is 20.9. The highest BCUT2D eigenvalue weighted by molar-refractivity contribution is 7.99. The Labute approximate surface area is 275 Å². The van der Waals surface area contributed by atoms with E-state index in [0.29, 0.717) is 33.2 Å². The van der Waals surface area contributed by atoms with E-state index in [-0.39, 0.29) is 28.6 Å². The number of nitrogens with zero attached hydrogens (tertiary/aromatic N) is 1. The second-order valence-electron chi connectivity index (χ2n) is 10.3. The van der Waals surface area contributed by atoms with Crippen molar-refractivity contribution in [3.8, 4) is 28.2 Å². The number of hydrogen-bond acceptors (Lipinski definition) is 8. The van der Waals surface area contributed by atoms with Gasteiger partial charge in [0.1, 0.15) is 17.1 Å². The molecule has 45 heavy (non-hydrogen) atoms. The number of benzene rings is 4. The zero-order valence-corrected chi connectivity index (χ0v) is 27.5. The van der Waals surface area contributed by atoms with Gasteiger partial charge in [0.25, 0.3) is 0 Å². The van der Waals surface area contributed by atoms with Gasteiger partial charge in [-0.15, -0.1) is 0 Å². The van der Waals surface area contributed by atoms with E-state index in [2.05, 4.69) is 30.1 Å². The molecule has 0 radical (unpaired) electrons. The van der Waals surface area contributed by atoms with Crippen LogP contribution in [0.2, 0.25) is 5.02 Å². The number of hydrogen-bond donors (Lipinski definition) is 3. The third-order valence-electron chi connectivity index (χ3n) is 7.57. The molecule has 1 aliphatic heterocycles. The fourth-order valence-corrected chi connectivity index (χ4v) is 6.86. The zero-order chi connectivity index (χ0) is 31.9. The van der Waals surface area contributed by atoms with Gasteiger partial charge in [-0.05, 0) is 53.5 Å². The molecule has 5 rings (SSSR count). The minimum atomic E-state index is -1.09. The van der Waals surface area contributed by atoms with Crippen molar-refractivity contribution in [2.45, 2.75) is 20.4 Å². The largest absolute Gasteiger partial charge is 0.507 e. The molecule has 0 spiro atoms. The van der Waals surface area contributed by atoms with Crippen LogP contribution in [-0.4, -0.2) is 52.3 Å². The second kappa shape index (κ2) is 15.0. The van der Waals surface area contributed by atoms with Crippen molar-refractivity contribution in [1.29, 1.82) is 0 Å². The quantitative estimate of drug-likeness (QED) is 0.0797. The first-order chi connectivity index (χ1) is 21.8. The monoisotopic (exact) mass is 662 g/mol. The number of carbonyl (C=O) groups is 1. The molecule has 2 aliphatic rings. The van der Waals surface area contributed by atoms with Gasteiger partial charge in [-0.2, -0.15) is 23.5 Å². The smallest absolute Gasteiger partial charge is 0.336 e. The molecule has 0 unspecified atom stereocenters. The number of phenols is 1. The van der Waals surface area contributed by atoms with Crippen LogP contribution in [0.25, 0.3) is 33.4 Å². The van der Waals surface area contributed by atoms with Gasteiger partial charge in [-0.1, -0.05) is 55.8 Å². The Hall–Kier alpha value is -3.79. The lowest BCUT2D eigenvalue weighted by Gasteiger charge is -2.27. The number of anilines is 2. The third-order valence-corrected chi connectivity index (χ3v) is 9.62. The molecule has 0 aromatic heterocycles. The van der Waals surface area contributed by atoms with Crippen LogP contribution in [0.15, 0.2) is 82.0 Å². The molecule has 3 aromatic rings. The maximum atomic E-state index is 12.6. The van der Waals surface area contributed by atoms with Crippen molar-refractivity contribution >= 4 is 63.4 Å². The number of para-hydroxylation sites is 2. The highest BCUT2D eigenvalue weighted by atomic mass is 35.5. The lowest BCUT2D eigenvalue weighted by atomic mass is 9.90. The van der Waals surface area contributed by atoms with E-state index in [1.165, 1.54) is 18.2 Å². The average molecular weight is 663 g/mol. The summed E-state index contributed by atoms with van der Waals surface area (Å²) in [7, 11) is 0. The number of carboxylic acids is 1. The molecule has 0 amide bonds. The normalized spacial score (nSPS) is 11.3. The van der Waals surface area contributed by atoms with Crippen molar-refractivity contribution in [1.82, 2.24) is 0 Å². The van der Waals surface area contributed by atoms with Gasteiger partial charge >= 0.3 is 5.97 Å². The highest BCUT2D eigenvalue weighted by Gasteiger charge is 2.25. The number of fused-ring (bicyclic) bond motifs is 2. The Morgan fingerprint density at radius 2 is 1.62 bits per heavy atom. The van der Waals surface area contributed by atoms with Gasteiger partial charge in [0, 0.05) is 53.7 Å². The summed E-state index contributed by atoms with van der Waals surface area (Å²) in [5.74, 6) is 3.33. The number of nitrogens with one attached hydrogen (secondary N) is 1. The van der Waals surface area contributed by atoms with Gasteiger partial charge in [0.15, 0.2) is 0 Å². The standard InChI is InChI=1S/C35H35ClN2O5S2/c1-3-44-17-15-38(16-18-45-4-2)29-12-8-7-11-28(29)37-21-26-30(39)14-13-24-33(22-9-5-6-10-23(22)35(41)42)25-19-27(36)31(40)20-32(25)43-34(24)26/h5-14,19-20,37,39H,3-4,15-18,21H2,1-2H3,(H,41,42). The molecule has 3 N–H and O–H groups in total. The molecule has 0 saturated carbocycles. The molecule has 10 heteroatoms. The van der Waals surface area contributed by atoms with Crippen LogP contribution in [0, 0.1) is 0 Å². The van der Waals surface area contributed by atoms with Crippen molar-refractivity contribution in [3.63, 3.8) is 0 Å². The van der Waals surface area contributed by atoms with Crippen molar-refractivity contribution in [2.75, 3.05) is 46.3 Å². The van der Waals surface area contributed by atoms with Crippen molar-refractivity contribution in [2.24, 2.45) is 0 Å². The lowest BCUT2D eigenvalue weighted by Crippen LogP contribution is -2.29. The van der Waals surface area contributed by atoms with Gasteiger partial charge in [0.05, 0.1) is 27.5 Å². The molecule has 1 heterocycles. The van der Waals surface area contributed by atoms with Crippen LogP contribution >= 0.6 is 35.1 Å². The summed E-state index contributed by atoms with van der Waals surface area (Å²) < 4.78 is 6.33. The Morgan fingerprint density at radius 3 is 2.33 bits per heavy atom. The van der Waals surface area contributed by atoms with E-state index < -0.39 is 11.4 Å². The number of aromatic carboxylic acids is 1. The molecular weight excluding hydrogens is 628 g/mol. The average Bonchev–Trinajstić information content (AvgIpc) is 3.04. The van der Waals surface area contributed by atoms with E-state index >= 15 is 0 Å². The summed E-state index contributed by atoms with van der Waals surface area (Å²) in [6.45, 7) is 6.37. The highest BCUT2D eigenvalue weighted by Crippen LogP contribution is 2.44. The van der Waals surface area contributed by atoms with Crippen LogP contribution < -0.4 is 15.6 Å². The van der Waals surface area contributed by atoms with Crippen LogP contribution in [0.4, 0.5) is 11.4 Å². The summed E-state index contributed by atoms with van der Waals surface area (Å²) >= 11 is 10.1. The Morgan fingerprint density at radius 1 is 0.933 bits per heavy atom. The van der Waals surface area contributed by atoms with E-state index in [0.717, 1.165) is 47.5 Å². The van der Waals surface area contributed by atoms with Crippen LogP contribution in [0.3, 0.4) is 0 Å². The molecular formula is C35H35ClN2O5S2. The Bertz CT molecular complexity index is 1830. The summed E-state index contributed by atoms with van der Waals surface area (Å²) in [5, 5.41) is 25.3. The fraction of sp³-hybridized carbons (Fsp3) is 0.257. The van der Waals surface area contributed by atoms with E-state index in [4.69, 9.17) is 16.0 Å². The number of thioether (sulfide) groups is 2. The number of aromatic hydroxyl groups is 1. The van der Waals surface area contributed by atoms with Gasteiger partial charge in [-0.3, -0.25) is 4.79 Å². The fourth-order valence-electron chi connectivity index (χ4n) is 5.42. The first-order valence-electron chi connectivity index (χ1n) is 14.8. The summed E-state index contributed by atoms with van der Waals surface area (Å²) in [5.41, 5.74) is 4.01. The number of phenolic OH excluding ortho intramolecular Hbond substituents is 1. The van der Waals surface area contributed by atoms with E-state index in [1.54, 1.807) is 30.3 Å². The predicted molar refractivity (Wildman–Crippen MR) is 190 cm³/mol. The maximum absolute atomic E-state index is 12.6. The van der Waals surface area contributed by atoms with Crippen molar-refractivity contribution in [3.05, 3.63) is 99.2 Å². The van der Waals surface area contributed by atoms with E-state index in [1.807, 2.05) is 41.7 Å². The topological polar surface area (TPSA) is 103 Å². The predicted octanol–water partition coefficient (Wildman–Crippen LogP) is 8.55. The molecule has 7 nitrogen and oxygen atoms in total. The van der Waals surface area contributed by atoms with Gasteiger partial charge in [-0.25, -0.2) is 4.79 Å². The molecule has 0 saturated heterocycles. The molecule has 0 bridgehead atoms. The summed E-state index contributed by atoms with van der Waals surface area (Å²) in [4.78, 5) is 27.3. The number of carboxylic acid groups (broad SMARTS) is 1.